The van der Waals surface area contributed by atoms with Gasteiger partial charge in [0.1, 0.15) is 6.29 Å². The fraction of sp³-hybridized carbons (Fsp3) is 0.125. The summed E-state index contributed by atoms with van der Waals surface area (Å²) in [5.41, 5.74) is 1.06. The second-order valence-corrected chi connectivity index (χ2v) is 5.14. The van der Waals surface area contributed by atoms with Gasteiger partial charge in [0.25, 0.3) is 9.05 Å². The third kappa shape index (κ3) is 2.29. The highest BCUT2D eigenvalue weighted by atomic mass is 35.7. The van der Waals surface area contributed by atoms with Gasteiger partial charge in [-0.05, 0) is 24.6 Å². The molecule has 0 saturated heterocycles. The maximum absolute atomic E-state index is 10.9. The van der Waals surface area contributed by atoms with Crippen LogP contribution in [0.5, 0.6) is 0 Å². The van der Waals surface area contributed by atoms with Gasteiger partial charge in [0, 0.05) is 16.2 Å². The van der Waals surface area contributed by atoms with Crippen LogP contribution in [0.25, 0.3) is 0 Å². The molecule has 0 bridgehead atoms. The van der Waals surface area contributed by atoms with Gasteiger partial charge >= 0.3 is 0 Å². The molecule has 0 aliphatic heterocycles. The highest BCUT2D eigenvalue weighted by Crippen LogP contribution is 2.17. The molecule has 0 heterocycles. The first-order chi connectivity index (χ1) is 5.95. The zero-order chi connectivity index (χ0) is 10.1. The maximum Gasteiger partial charge on any atom is 0.261 e. The fourth-order valence-electron chi connectivity index (χ4n) is 0.932. The zero-order valence-corrected chi connectivity index (χ0v) is 8.39. The first-order valence-corrected chi connectivity index (χ1v) is 5.76. The summed E-state index contributed by atoms with van der Waals surface area (Å²) in [5, 5.41) is 0. The molecule has 0 spiro atoms. The Labute approximate surface area is 80.8 Å². The van der Waals surface area contributed by atoms with Gasteiger partial charge in [0.15, 0.2) is 0 Å². The second-order valence-electron chi connectivity index (χ2n) is 2.57. The van der Waals surface area contributed by atoms with Crippen LogP contribution in [0, 0.1) is 6.92 Å². The summed E-state index contributed by atoms with van der Waals surface area (Å²) in [7, 11) is 1.42. The molecule has 0 aliphatic rings. The van der Waals surface area contributed by atoms with Crippen LogP contribution in [0.15, 0.2) is 23.1 Å². The van der Waals surface area contributed by atoms with E-state index < -0.39 is 9.05 Å². The van der Waals surface area contributed by atoms with Gasteiger partial charge in [-0.2, -0.15) is 0 Å². The van der Waals surface area contributed by atoms with Crippen LogP contribution in [0.4, 0.5) is 0 Å². The Morgan fingerprint density at radius 2 is 2.00 bits per heavy atom. The zero-order valence-electron chi connectivity index (χ0n) is 6.82. The Balaban J connectivity index is 3.34. The van der Waals surface area contributed by atoms with Gasteiger partial charge in [-0.15, -0.1) is 0 Å². The molecule has 1 rings (SSSR count). The predicted molar refractivity (Wildman–Crippen MR) is 49.6 cm³/mol. The molecule has 0 N–H and O–H groups in total. The van der Waals surface area contributed by atoms with Gasteiger partial charge in [-0.25, -0.2) is 8.42 Å². The molecular weight excluding hydrogens is 212 g/mol. The van der Waals surface area contributed by atoms with Crippen molar-refractivity contribution in [3.8, 4) is 0 Å². The number of hydrogen-bond acceptors (Lipinski definition) is 3. The summed E-state index contributed by atoms with van der Waals surface area (Å²) < 4.78 is 21.7. The van der Waals surface area contributed by atoms with E-state index in [2.05, 4.69) is 0 Å². The van der Waals surface area contributed by atoms with Crippen molar-refractivity contribution >= 4 is 26.0 Å². The third-order valence-corrected chi connectivity index (χ3v) is 3.00. The number of aldehydes is 1. The van der Waals surface area contributed by atoms with Crippen LogP contribution in [0.3, 0.4) is 0 Å². The van der Waals surface area contributed by atoms with E-state index in [9.17, 15) is 13.2 Å². The van der Waals surface area contributed by atoms with E-state index in [1.54, 1.807) is 6.92 Å². The van der Waals surface area contributed by atoms with E-state index in [-0.39, 0.29) is 4.90 Å². The summed E-state index contributed by atoms with van der Waals surface area (Å²) in [6.45, 7) is 1.65. The van der Waals surface area contributed by atoms with Gasteiger partial charge in [-0.1, -0.05) is 6.07 Å². The molecular formula is C8H7ClO3S. The molecule has 1 aromatic carbocycles. The van der Waals surface area contributed by atoms with Gasteiger partial charge < -0.3 is 0 Å². The van der Waals surface area contributed by atoms with E-state index in [1.807, 2.05) is 0 Å². The Hall–Kier alpha value is -0.870. The quantitative estimate of drug-likeness (QED) is 0.561. The highest BCUT2D eigenvalue weighted by molar-refractivity contribution is 8.13. The van der Waals surface area contributed by atoms with Crippen LogP contribution < -0.4 is 0 Å². The number of aryl methyl sites for hydroxylation is 1. The predicted octanol–water partition coefficient (Wildman–Crippen LogP) is 1.74. The molecule has 0 aliphatic carbocycles. The van der Waals surface area contributed by atoms with Gasteiger partial charge in [0.05, 0.1) is 4.90 Å². The molecule has 0 amide bonds. The summed E-state index contributed by atoms with van der Waals surface area (Å²) in [4.78, 5) is 10.4. The smallest absolute Gasteiger partial charge is 0.261 e. The number of benzene rings is 1. The van der Waals surface area contributed by atoms with Crippen molar-refractivity contribution in [1.82, 2.24) is 0 Å². The minimum Gasteiger partial charge on any atom is -0.298 e. The normalized spacial score (nSPS) is 11.2. The average Bonchev–Trinajstić information content (AvgIpc) is 2.02. The lowest BCUT2D eigenvalue weighted by Crippen LogP contribution is -1.93. The lowest BCUT2D eigenvalue weighted by molar-refractivity contribution is 0.112. The molecule has 5 heteroatoms. The summed E-state index contributed by atoms with van der Waals surface area (Å²) in [5.74, 6) is 0. The van der Waals surface area contributed by atoms with E-state index in [1.165, 1.54) is 18.2 Å². The maximum atomic E-state index is 10.9. The van der Waals surface area contributed by atoms with Crippen LogP contribution in [0.1, 0.15) is 15.9 Å². The van der Waals surface area contributed by atoms with Crippen molar-refractivity contribution < 1.29 is 13.2 Å². The molecule has 0 fully saturated rings. The van der Waals surface area contributed by atoms with Gasteiger partial charge in [-0.3, -0.25) is 4.79 Å². The number of hydrogen-bond donors (Lipinski definition) is 0. The highest BCUT2D eigenvalue weighted by Gasteiger charge is 2.10. The van der Waals surface area contributed by atoms with E-state index in [4.69, 9.17) is 10.7 Å². The number of carbonyl (C=O) groups excluding carboxylic acids is 1. The Bertz CT molecular complexity index is 437. The second kappa shape index (κ2) is 3.47. The molecule has 70 valence electrons. The third-order valence-electron chi connectivity index (χ3n) is 1.65. The van der Waals surface area contributed by atoms with Crippen LogP contribution in [-0.4, -0.2) is 14.7 Å². The largest absolute Gasteiger partial charge is 0.298 e. The van der Waals surface area contributed by atoms with Crippen molar-refractivity contribution in [1.29, 1.82) is 0 Å². The number of carbonyl (C=O) groups is 1. The van der Waals surface area contributed by atoms with Crippen molar-refractivity contribution in [3.05, 3.63) is 29.3 Å². The number of rotatable bonds is 2. The standard InChI is InChI=1S/C8H7ClO3S/c1-6-4-8(13(9,11)12)3-2-7(6)5-10/h2-5H,1H3. The fourth-order valence-corrected chi connectivity index (χ4v) is 1.77. The van der Waals surface area contributed by atoms with Crippen molar-refractivity contribution in [3.63, 3.8) is 0 Å². The van der Waals surface area contributed by atoms with Crippen molar-refractivity contribution in [2.24, 2.45) is 0 Å². The van der Waals surface area contributed by atoms with Gasteiger partial charge in [0.2, 0.25) is 0 Å². The SMILES string of the molecule is Cc1cc(S(=O)(=O)Cl)ccc1C=O. The lowest BCUT2D eigenvalue weighted by atomic mass is 10.1. The van der Waals surface area contributed by atoms with Crippen LogP contribution in [-0.2, 0) is 9.05 Å². The Kier molecular flexibility index (Phi) is 2.73. The minimum absolute atomic E-state index is 0.0114. The molecule has 0 unspecified atom stereocenters. The Morgan fingerprint density at radius 1 is 1.38 bits per heavy atom. The Morgan fingerprint density at radius 3 is 2.38 bits per heavy atom. The van der Waals surface area contributed by atoms with E-state index >= 15 is 0 Å². The topological polar surface area (TPSA) is 51.2 Å². The molecule has 13 heavy (non-hydrogen) atoms. The summed E-state index contributed by atoms with van der Waals surface area (Å²) in [6.07, 6.45) is 0.667. The molecule has 0 aromatic heterocycles. The lowest BCUT2D eigenvalue weighted by Gasteiger charge is -2.00. The van der Waals surface area contributed by atoms with Crippen molar-refractivity contribution in [2.45, 2.75) is 11.8 Å². The molecule has 0 atom stereocenters. The number of halogens is 1. The molecule has 3 nitrogen and oxygen atoms in total. The average molecular weight is 219 g/mol. The van der Waals surface area contributed by atoms with E-state index in [0.29, 0.717) is 17.4 Å². The van der Waals surface area contributed by atoms with Crippen molar-refractivity contribution in [2.75, 3.05) is 0 Å². The monoisotopic (exact) mass is 218 g/mol. The molecule has 0 radical (unpaired) electrons. The minimum atomic E-state index is -3.69. The first kappa shape index (κ1) is 10.2. The van der Waals surface area contributed by atoms with Crippen LogP contribution in [0.2, 0.25) is 0 Å². The molecule has 1 aromatic rings. The summed E-state index contributed by atoms with van der Waals surface area (Å²) in [6, 6.07) is 4.10. The van der Waals surface area contributed by atoms with Crippen LogP contribution >= 0.6 is 10.7 Å². The summed E-state index contributed by atoms with van der Waals surface area (Å²) >= 11 is 0. The van der Waals surface area contributed by atoms with E-state index in [0.717, 1.165) is 0 Å². The molecule has 0 saturated carbocycles. The first-order valence-electron chi connectivity index (χ1n) is 3.45.